The minimum absolute atomic E-state index is 0.674. The number of pyridine rings is 1. The van der Waals surface area contributed by atoms with Crippen LogP contribution in [0.1, 0.15) is 5.56 Å². The Morgan fingerprint density at radius 3 is 2.53 bits per heavy atom. The van der Waals surface area contributed by atoms with Crippen molar-refractivity contribution in [2.75, 3.05) is 0 Å². The number of hydrogen-bond donors (Lipinski definition) is 0. The van der Waals surface area contributed by atoms with Crippen LogP contribution >= 0.6 is 18.6 Å². The van der Waals surface area contributed by atoms with E-state index in [0.717, 1.165) is 9.43 Å². The van der Waals surface area contributed by atoms with Gasteiger partial charge >= 0.3 is 114 Å². The molecule has 0 aliphatic carbocycles. The Hall–Kier alpha value is -0.666. The Morgan fingerprint density at radius 2 is 1.82 bits per heavy atom. The molecule has 0 bridgehead atoms. The molecule has 2 rings (SSSR count). The molecule has 0 radical (unpaired) electrons. The Labute approximate surface area is 114 Å². The summed E-state index contributed by atoms with van der Waals surface area (Å²) in [5.41, 5.74) is 0.971. The maximum absolute atomic E-state index is 6.04. The first-order valence-corrected chi connectivity index (χ1v) is 10.1. The van der Waals surface area contributed by atoms with E-state index in [9.17, 15) is 0 Å². The fourth-order valence-electron chi connectivity index (χ4n) is 1.35. The van der Waals surface area contributed by atoms with Crippen molar-refractivity contribution in [3.63, 3.8) is 0 Å². The third-order valence-corrected chi connectivity index (χ3v) is 5.18. The van der Waals surface area contributed by atoms with E-state index in [1.165, 1.54) is 0 Å². The van der Waals surface area contributed by atoms with Crippen LogP contribution in [-0.4, -0.2) is 11.2 Å². The zero-order chi connectivity index (χ0) is 12.1. The van der Waals surface area contributed by atoms with E-state index < -0.39 is 15.7 Å². The van der Waals surface area contributed by atoms with Gasteiger partial charge in [0.15, 0.2) is 0 Å². The van der Waals surface area contributed by atoms with Gasteiger partial charge in [0.05, 0.1) is 0 Å². The fraction of sp³-hybridized carbons (Fsp3) is 0. The SMILES string of the molecule is [Cl][Ti]([Cl])[c]1ccccc1C=Nc1ccccn1. The molecule has 17 heavy (non-hydrogen) atoms. The molecule has 0 saturated carbocycles. The van der Waals surface area contributed by atoms with Crippen LogP contribution < -0.4 is 3.87 Å². The summed E-state index contributed by atoms with van der Waals surface area (Å²) in [6.45, 7) is 0. The second-order valence-corrected chi connectivity index (χ2v) is 8.86. The molecule has 0 spiro atoms. The molecule has 0 aliphatic rings. The summed E-state index contributed by atoms with van der Waals surface area (Å²) in [5, 5.41) is 0. The van der Waals surface area contributed by atoms with Crippen LogP contribution in [0.2, 0.25) is 0 Å². The van der Waals surface area contributed by atoms with Crippen LogP contribution in [0.5, 0.6) is 0 Å². The van der Waals surface area contributed by atoms with E-state index in [4.69, 9.17) is 18.6 Å². The molecule has 0 atom stereocenters. The van der Waals surface area contributed by atoms with E-state index in [2.05, 4.69) is 9.98 Å². The zero-order valence-corrected chi connectivity index (χ0v) is 11.9. The number of nitrogens with zero attached hydrogens (tertiary/aromatic N) is 2. The molecule has 5 heteroatoms. The fourth-order valence-corrected chi connectivity index (χ4v) is 3.69. The van der Waals surface area contributed by atoms with Gasteiger partial charge in [0, 0.05) is 0 Å². The molecule has 0 N–H and O–H groups in total. The minimum atomic E-state index is -2.12. The van der Waals surface area contributed by atoms with Crippen LogP contribution in [0.15, 0.2) is 53.7 Å². The van der Waals surface area contributed by atoms with Crippen molar-refractivity contribution < 1.29 is 15.7 Å². The molecule has 1 heterocycles. The Bertz CT molecular complexity index is 515. The first-order valence-electron chi connectivity index (χ1n) is 5.00. The normalized spacial score (nSPS) is 10.7. The van der Waals surface area contributed by atoms with Crippen LogP contribution in [0, 0.1) is 0 Å². The van der Waals surface area contributed by atoms with Gasteiger partial charge in [0.2, 0.25) is 0 Å². The van der Waals surface area contributed by atoms with Crippen LogP contribution in [0.3, 0.4) is 0 Å². The number of aromatic nitrogens is 1. The van der Waals surface area contributed by atoms with E-state index in [1.54, 1.807) is 12.4 Å². The van der Waals surface area contributed by atoms with Gasteiger partial charge in [-0.15, -0.1) is 0 Å². The van der Waals surface area contributed by atoms with E-state index in [1.807, 2.05) is 42.5 Å². The van der Waals surface area contributed by atoms with Crippen molar-refractivity contribution in [1.29, 1.82) is 0 Å². The van der Waals surface area contributed by atoms with Crippen LogP contribution in [-0.2, 0) is 15.7 Å². The molecule has 0 amide bonds. The molecule has 1 aromatic heterocycles. The van der Waals surface area contributed by atoms with Gasteiger partial charge in [0.1, 0.15) is 0 Å². The van der Waals surface area contributed by atoms with Gasteiger partial charge in [-0.25, -0.2) is 0 Å². The van der Waals surface area contributed by atoms with Gasteiger partial charge in [-0.1, -0.05) is 0 Å². The van der Waals surface area contributed by atoms with Crippen LogP contribution in [0.4, 0.5) is 5.82 Å². The van der Waals surface area contributed by atoms with E-state index in [-0.39, 0.29) is 0 Å². The van der Waals surface area contributed by atoms with Gasteiger partial charge in [0.25, 0.3) is 0 Å². The second kappa shape index (κ2) is 6.32. The number of hydrogen-bond acceptors (Lipinski definition) is 2. The number of rotatable bonds is 3. The van der Waals surface area contributed by atoms with Gasteiger partial charge in [-0.05, 0) is 0 Å². The van der Waals surface area contributed by atoms with Crippen molar-refractivity contribution in [2.45, 2.75) is 0 Å². The topological polar surface area (TPSA) is 25.2 Å². The van der Waals surface area contributed by atoms with Crippen LogP contribution in [0.25, 0.3) is 0 Å². The number of halogens is 2. The van der Waals surface area contributed by atoms with E-state index >= 15 is 0 Å². The van der Waals surface area contributed by atoms with Gasteiger partial charge in [-0.2, -0.15) is 0 Å². The monoisotopic (exact) mass is 299 g/mol. The summed E-state index contributed by atoms with van der Waals surface area (Å²) in [5.74, 6) is 0.674. The number of aliphatic imine (C=N–C) groups is 1. The summed E-state index contributed by atoms with van der Waals surface area (Å²) in [6, 6.07) is 13.4. The first-order chi connectivity index (χ1) is 8.27. The molecule has 0 fully saturated rings. The van der Waals surface area contributed by atoms with Crippen molar-refractivity contribution in [1.82, 2.24) is 4.98 Å². The molecule has 0 aliphatic heterocycles. The summed E-state index contributed by atoms with van der Waals surface area (Å²) in [7, 11) is 12.1. The first kappa shape index (κ1) is 12.8. The van der Waals surface area contributed by atoms with Crippen molar-refractivity contribution in [2.24, 2.45) is 4.99 Å². The third-order valence-electron chi connectivity index (χ3n) is 2.15. The standard InChI is InChI=1S/C12H9N2.2ClH.Ti/c1-2-6-11(7-3-1)10-14-12-8-4-5-9-13-12;;;/h1-6,8-10H;2*1H;/q;;;+2/p-2. The molecule has 2 aromatic rings. The molecule has 0 saturated heterocycles. The maximum atomic E-state index is 6.04. The van der Waals surface area contributed by atoms with Crippen molar-refractivity contribution in [3.8, 4) is 0 Å². The Balaban J connectivity index is 2.27. The Kier molecular flexibility index (Phi) is 4.75. The quantitative estimate of drug-likeness (QED) is 0.630. The Morgan fingerprint density at radius 1 is 1.06 bits per heavy atom. The van der Waals surface area contributed by atoms with E-state index in [0.29, 0.717) is 5.82 Å². The predicted molar refractivity (Wildman–Crippen MR) is 69.3 cm³/mol. The van der Waals surface area contributed by atoms with Gasteiger partial charge in [-0.3, -0.25) is 0 Å². The second-order valence-electron chi connectivity index (χ2n) is 3.29. The van der Waals surface area contributed by atoms with Crippen molar-refractivity contribution >= 4 is 34.5 Å². The van der Waals surface area contributed by atoms with Crippen molar-refractivity contribution in [3.05, 3.63) is 54.2 Å². The molecule has 1 aromatic carbocycles. The van der Waals surface area contributed by atoms with Gasteiger partial charge < -0.3 is 0 Å². The summed E-state index contributed by atoms with van der Waals surface area (Å²) < 4.78 is 1.01. The molecular weight excluding hydrogens is 291 g/mol. The average molecular weight is 300 g/mol. The summed E-state index contributed by atoms with van der Waals surface area (Å²) in [6.07, 6.45) is 3.47. The zero-order valence-electron chi connectivity index (χ0n) is 8.85. The average Bonchev–Trinajstić information content (AvgIpc) is 2.38. The molecular formula is C12H9Cl2N2Ti. The third kappa shape index (κ3) is 3.65. The summed E-state index contributed by atoms with van der Waals surface area (Å²) >= 11 is -2.12. The molecule has 0 unspecified atom stereocenters. The number of benzene rings is 1. The molecule has 2 nitrogen and oxygen atoms in total. The predicted octanol–water partition coefficient (Wildman–Crippen LogP) is 3.38. The summed E-state index contributed by atoms with van der Waals surface area (Å²) in [4.78, 5) is 8.41. The molecule has 85 valence electrons.